The molecule has 0 aromatic carbocycles. The van der Waals surface area contributed by atoms with Crippen molar-refractivity contribution >= 4 is 0 Å². The lowest BCUT2D eigenvalue weighted by Gasteiger charge is -2.38. The molecule has 0 radical (unpaired) electrons. The molecule has 0 spiro atoms. The monoisotopic (exact) mass is 247 g/mol. The van der Waals surface area contributed by atoms with Crippen molar-refractivity contribution in [2.45, 2.75) is 46.2 Å². The highest BCUT2D eigenvalue weighted by Gasteiger charge is 2.28. The molecule has 18 heavy (non-hydrogen) atoms. The molecule has 0 unspecified atom stereocenters. The van der Waals surface area contributed by atoms with E-state index in [2.05, 4.69) is 35.9 Å². The van der Waals surface area contributed by atoms with E-state index in [1.807, 2.05) is 6.07 Å². The Morgan fingerprint density at radius 2 is 1.94 bits per heavy atom. The first-order valence-corrected chi connectivity index (χ1v) is 7.02. The first-order chi connectivity index (χ1) is 8.65. The molecule has 0 aliphatic carbocycles. The van der Waals surface area contributed by atoms with E-state index in [1.54, 1.807) is 0 Å². The normalized spacial score (nSPS) is 19.9. The lowest BCUT2D eigenvalue weighted by Crippen LogP contribution is -2.38. The molecule has 1 aromatic heterocycles. The lowest BCUT2D eigenvalue weighted by atomic mass is 9.78. The minimum atomic E-state index is 0.530. The quantitative estimate of drug-likeness (QED) is 0.889. The molecule has 1 aliphatic heterocycles. The number of likely N-dealkylation sites (tertiary alicyclic amines) is 1. The van der Waals surface area contributed by atoms with Gasteiger partial charge in [-0.3, -0.25) is 9.88 Å². The van der Waals surface area contributed by atoms with E-state index in [-0.39, 0.29) is 0 Å². The van der Waals surface area contributed by atoms with Crippen LogP contribution in [0.2, 0.25) is 0 Å². The third-order valence-electron chi connectivity index (χ3n) is 4.38. The third-order valence-corrected chi connectivity index (χ3v) is 4.38. The van der Waals surface area contributed by atoms with Crippen LogP contribution < -0.4 is 5.73 Å². The van der Waals surface area contributed by atoms with Crippen LogP contribution in [-0.2, 0) is 13.1 Å². The number of rotatable bonds is 4. The van der Waals surface area contributed by atoms with Crippen LogP contribution in [-0.4, -0.2) is 23.0 Å². The number of hydrogen-bond donors (Lipinski definition) is 1. The van der Waals surface area contributed by atoms with Crippen molar-refractivity contribution in [1.29, 1.82) is 0 Å². The number of piperidine rings is 1. The number of pyridine rings is 1. The molecular weight excluding hydrogens is 222 g/mol. The van der Waals surface area contributed by atoms with Gasteiger partial charge < -0.3 is 5.73 Å². The summed E-state index contributed by atoms with van der Waals surface area (Å²) in [7, 11) is 0. The van der Waals surface area contributed by atoms with Crippen LogP contribution in [0.25, 0.3) is 0 Å². The zero-order valence-corrected chi connectivity index (χ0v) is 11.7. The zero-order chi connectivity index (χ0) is 13.0. The van der Waals surface area contributed by atoms with Crippen molar-refractivity contribution in [3.05, 3.63) is 29.6 Å². The molecular formula is C15H25N3. The smallest absolute Gasteiger partial charge is 0.0547 e. The highest BCUT2D eigenvalue weighted by Crippen LogP contribution is 2.34. The highest BCUT2D eigenvalue weighted by atomic mass is 15.1. The molecule has 0 amide bonds. The summed E-state index contributed by atoms with van der Waals surface area (Å²) in [5, 5.41) is 0. The predicted octanol–water partition coefficient (Wildman–Crippen LogP) is 2.55. The van der Waals surface area contributed by atoms with Gasteiger partial charge >= 0.3 is 0 Å². The van der Waals surface area contributed by atoms with E-state index >= 15 is 0 Å². The average Bonchev–Trinajstić information content (AvgIpc) is 2.42. The van der Waals surface area contributed by atoms with Gasteiger partial charge in [-0.1, -0.05) is 26.3 Å². The number of hydrogen-bond acceptors (Lipinski definition) is 3. The minimum absolute atomic E-state index is 0.530. The van der Waals surface area contributed by atoms with Crippen LogP contribution in [0.5, 0.6) is 0 Å². The van der Waals surface area contributed by atoms with Crippen LogP contribution >= 0.6 is 0 Å². The molecule has 3 heteroatoms. The molecule has 1 saturated heterocycles. The van der Waals surface area contributed by atoms with Gasteiger partial charge in [0, 0.05) is 13.1 Å². The molecule has 100 valence electrons. The fourth-order valence-electron chi connectivity index (χ4n) is 2.56. The second kappa shape index (κ2) is 5.81. The van der Waals surface area contributed by atoms with Gasteiger partial charge in [0.15, 0.2) is 0 Å². The summed E-state index contributed by atoms with van der Waals surface area (Å²) in [5.74, 6) is 0. The summed E-state index contributed by atoms with van der Waals surface area (Å²) in [5.41, 5.74) is 8.33. The molecule has 1 fully saturated rings. The largest absolute Gasteiger partial charge is 0.325 e. The maximum Gasteiger partial charge on any atom is 0.0547 e. The summed E-state index contributed by atoms with van der Waals surface area (Å²) >= 11 is 0. The van der Waals surface area contributed by atoms with Gasteiger partial charge in [-0.25, -0.2) is 0 Å². The molecule has 2 rings (SSSR count). The van der Waals surface area contributed by atoms with Gasteiger partial charge in [0.1, 0.15) is 0 Å². The van der Waals surface area contributed by atoms with Crippen molar-refractivity contribution in [1.82, 2.24) is 9.88 Å². The summed E-state index contributed by atoms with van der Waals surface area (Å²) < 4.78 is 0. The maximum absolute atomic E-state index is 5.63. The Hall–Kier alpha value is -0.930. The summed E-state index contributed by atoms with van der Waals surface area (Å²) in [4.78, 5) is 7.09. The van der Waals surface area contributed by atoms with Crippen molar-refractivity contribution in [3.63, 3.8) is 0 Å². The topological polar surface area (TPSA) is 42.1 Å². The standard InChI is InChI=1S/C15H25N3/c1-3-15(2)7-9-18(10-8-15)12-14-6-4-5-13(11-16)17-14/h4-6H,3,7-12,16H2,1-2H3. The number of nitrogens with zero attached hydrogens (tertiary/aromatic N) is 2. The predicted molar refractivity (Wildman–Crippen MR) is 75.0 cm³/mol. The number of aromatic nitrogens is 1. The van der Waals surface area contributed by atoms with Gasteiger partial charge in [-0.05, 0) is 43.5 Å². The van der Waals surface area contributed by atoms with Gasteiger partial charge in [-0.2, -0.15) is 0 Å². The SMILES string of the molecule is CCC1(C)CCN(Cc2cccc(CN)n2)CC1. The molecule has 0 saturated carbocycles. The van der Waals surface area contributed by atoms with E-state index in [4.69, 9.17) is 5.73 Å². The van der Waals surface area contributed by atoms with Gasteiger partial charge in [-0.15, -0.1) is 0 Å². The van der Waals surface area contributed by atoms with Gasteiger partial charge in [0.2, 0.25) is 0 Å². The Kier molecular flexibility index (Phi) is 4.36. The minimum Gasteiger partial charge on any atom is -0.325 e. The van der Waals surface area contributed by atoms with Gasteiger partial charge in [0.25, 0.3) is 0 Å². The van der Waals surface area contributed by atoms with E-state index in [1.165, 1.54) is 32.4 Å². The average molecular weight is 247 g/mol. The van der Waals surface area contributed by atoms with Crippen molar-refractivity contribution in [2.24, 2.45) is 11.1 Å². The van der Waals surface area contributed by atoms with Crippen molar-refractivity contribution < 1.29 is 0 Å². The van der Waals surface area contributed by atoms with E-state index in [0.29, 0.717) is 12.0 Å². The Bertz CT molecular complexity index is 381. The van der Waals surface area contributed by atoms with E-state index in [0.717, 1.165) is 17.9 Å². The van der Waals surface area contributed by atoms with Crippen molar-refractivity contribution in [2.75, 3.05) is 13.1 Å². The summed E-state index contributed by atoms with van der Waals surface area (Å²) in [6.07, 6.45) is 3.90. The fraction of sp³-hybridized carbons (Fsp3) is 0.667. The summed E-state index contributed by atoms with van der Waals surface area (Å²) in [6, 6.07) is 6.16. The van der Waals surface area contributed by atoms with Crippen LogP contribution in [0, 0.1) is 5.41 Å². The lowest BCUT2D eigenvalue weighted by molar-refractivity contribution is 0.108. The highest BCUT2D eigenvalue weighted by molar-refractivity contribution is 5.11. The Balaban J connectivity index is 1.91. The Morgan fingerprint density at radius 1 is 1.28 bits per heavy atom. The maximum atomic E-state index is 5.63. The molecule has 1 aliphatic rings. The van der Waals surface area contributed by atoms with Crippen LogP contribution in [0.3, 0.4) is 0 Å². The summed E-state index contributed by atoms with van der Waals surface area (Å²) in [6.45, 7) is 8.60. The molecule has 2 heterocycles. The van der Waals surface area contributed by atoms with Gasteiger partial charge in [0.05, 0.1) is 11.4 Å². The fourth-order valence-corrected chi connectivity index (χ4v) is 2.56. The van der Waals surface area contributed by atoms with E-state index < -0.39 is 0 Å². The Labute approximate surface area is 110 Å². The molecule has 1 aromatic rings. The molecule has 0 atom stereocenters. The van der Waals surface area contributed by atoms with E-state index in [9.17, 15) is 0 Å². The second-order valence-corrected chi connectivity index (χ2v) is 5.76. The molecule has 3 nitrogen and oxygen atoms in total. The van der Waals surface area contributed by atoms with Crippen LogP contribution in [0.15, 0.2) is 18.2 Å². The van der Waals surface area contributed by atoms with Crippen LogP contribution in [0.4, 0.5) is 0 Å². The van der Waals surface area contributed by atoms with Crippen molar-refractivity contribution in [3.8, 4) is 0 Å². The molecule has 2 N–H and O–H groups in total. The first-order valence-electron chi connectivity index (χ1n) is 7.02. The number of nitrogens with two attached hydrogens (primary N) is 1. The molecule has 0 bridgehead atoms. The first kappa shape index (κ1) is 13.5. The third kappa shape index (κ3) is 3.30. The van der Waals surface area contributed by atoms with Crippen LogP contribution in [0.1, 0.15) is 44.5 Å². The second-order valence-electron chi connectivity index (χ2n) is 5.76. The zero-order valence-electron chi connectivity index (χ0n) is 11.7. The Morgan fingerprint density at radius 3 is 2.56 bits per heavy atom.